The third-order valence-corrected chi connectivity index (χ3v) is 6.37. The van der Waals surface area contributed by atoms with Crippen molar-refractivity contribution in [3.05, 3.63) is 23.4 Å². The molecule has 0 aromatic carbocycles. The summed E-state index contributed by atoms with van der Waals surface area (Å²) in [4.78, 5) is 36.2. The number of likely N-dealkylation sites (N-methyl/N-ethyl adjacent to an activating group) is 1. The maximum atomic E-state index is 13.5. The molecule has 3 heterocycles. The number of fused-ring (bicyclic) bond motifs is 1. The van der Waals surface area contributed by atoms with Crippen LogP contribution in [0.5, 0.6) is 5.88 Å². The number of hydrogen-bond acceptors (Lipinski definition) is 7. The van der Waals surface area contributed by atoms with Crippen LogP contribution in [-0.2, 0) is 9.53 Å². The van der Waals surface area contributed by atoms with Crippen molar-refractivity contribution in [1.29, 1.82) is 0 Å². The number of ether oxygens (including phenoxy) is 2. The van der Waals surface area contributed by atoms with Gasteiger partial charge in [-0.25, -0.2) is 4.98 Å². The molecule has 9 heteroatoms. The lowest BCUT2D eigenvalue weighted by atomic mass is 10.00. The van der Waals surface area contributed by atoms with Gasteiger partial charge in [-0.2, -0.15) is 0 Å². The fraction of sp³-hybridized carbons (Fsp3) is 0.654. The van der Waals surface area contributed by atoms with E-state index < -0.39 is 0 Å². The molecule has 2 amide bonds. The zero-order chi connectivity index (χ0) is 25.5. The smallest absolute Gasteiger partial charge is 0.259 e. The van der Waals surface area contributed by atoms with E-state index in [0.29, 0.717) is 44.0 Å². The van der Waals surface area contributed by atoms with Crippen molar-refractivity contribution in [1.82, 2.24) is 19.7 Å². The predicted octanol–water partition coefficient (Wildman–Crippen LogP) is 1.10. The van der Waals surface area contributed by atoms with E-state index in [9.17, 15) is 14.7 Å². The zero-order valence-electron chi connectivity index (χ0n) is 21.5. The molecule has 1 fully saturated rings. The summed E-state index contributed by atoms with van der Waals surface area (Å²) in [6.07, 6.45) is 1.23. The Kier molecular flexibility index (Phi) is 9.49. The number of amides is 2. The molecule has 192 valence electrons. The van der Waals surface area contributed by atoms with Gasteiger partial charge < -0.3 is 24.4 Å². The normalized spacial score (nSPS) is 21.8. The number of aliphatic hydroxyl groups is 1. The molecule has 0 bridgehead atoms. The Morgan fingerprint density at radius 1 is 1.31 bits per heavy atom. The lowest BCUT2D eigenvalue weighted by Crippen LogP contribution is -2.51. The molecule has 0 aliphatic carbocycles. The molecule has 2 aliphatic rings. The lowest BCUT2D eigenvalue weighted by Gasteiger charge is -2.38. The summed E-state index contributed by atoms with van der Waals surface area (Å²) in [5.41, 5.74) is 0.953. The number of carbonyl (C=O) groups excluding carboxylic acids is 2. The molecule has 0 unspecified atom stereocenters. The number of aromatic nitrogens is 1. The number of carbonyl (C=O) groups is 2. The first kappa shape index (κ1) is 26.9. The van der Waals surface area contributed by atoms with Crippen LogP contribution in [0.25, 0.3) is 0 Å². The van der Waals surface area contributed by atoms with Crippen molar-refractivity contribution in [2.45, 2.75) is 39.8 Å². The van der Waals surface area contributed by atoms with Crippen LogP contribution in [0.2, 0.25) is 0 Å². The molecule has 3 atom stereocenters. The van der Waals surface area contributed by atoms with E-state index in [1.165, 1.54) is 0 Å². The Hall–Kier alpha value is -2.67. The molecule has 1 aromatic rings. The van der Waals surface area contributed by atoms with E-state index in [0.717, 1.165) is 13.1 Å². The van der Waals surface area contributed by atoms with Crippen LogP contribution in [0.3, 0.4) is 0 Å². The van der Waals surface area contributed by atoms with Crippen LogP contribution in [0.1, 0.15) is 43.6 Å². The third kappa shape index (κ3) is 7.17. The molecule has 1 aromatic heterocycles. The maximum absolute atomic E-state index is 13.5. The molecular formula is C26H38N4O5. The van der Waals surface area contributed by atoms with Crippen LogP contribution in [0, 0.1) is 23.7 Å². The highest BCUT2D eigenvalue weighted by atomic mass is 16.5. The fourth-order valence-electron chi connectivity index (χ4n) is 4.06. The first-order valence-corrected chi connectivity index (χ1v) is 12.3. The highest BCUT2D eigenvalue weighted by molar-refractivity contribution is 5.97. The molecule has 1 saturated heterocycles. The number of morpholine rings is 1. The van der Waals surface area contributed by atoms with E-state index in [1.807, 2.05) is 27.7 Å². The van der Waals surface area contributed by atoms with Crippen molar-refractivity contribution in [3.63, 3.8) is 0 Å². The van der Waals surface area contributed by atoms with Gasteiger partial charge in [0.1, 0.15) is 11.7 Å². The van der Waals surface area contributed by atoms with Gasteiger partial charge >= 0.3 is 0 Å². The summed E-state index contributed by atoms with van der Waals surface area (Å²) in [7, 11) is 1.77. The van der Waals surface area contributed by atoms with Gasteiger partial charge in [0, 0.05) is 50.3 Å². The van der Waals surface area contributed by atoms with E-state index in [2.05, 4.69) is 21.7 Å². The number of hydrogen-bond donors (Lipinski definition) is 1. The second kappa shape index (κ2) is 12.3. The van der Waals surface area contributed by atoms with Crippen molar-refractivity contribution < 1.29 is 24.2 Å². The predicted molar refractivity (Wildman–Crippen MR) is 132 cm³/mol. The van der Waals surface area contributed by atoms with E-state index >= 15 is 0 Å². The van der Waals surface area contributed by atoms with E-state index in [4.69, 9.17) is 9.47 Å². The van der Waals surface area contributed by atoms with Crippen LogP contribution in [0.4, 0.5) is 0 Å². The minimum atomic E-state index is -0.381. The summed E-state index contributed by atoms with van der Waals surface area (Å²) < 4.78 is 11.6. The van der Waals surface area contributed by atoms with Crippen LogP contribution >= 0.6 is 0 Å². The second-order valence-electron chi connectivity index (χ2n) is 9.79. The summed E-state index contributed by atoms with van der Waals surface area (Å²) in [6, 6.07) is 1.33. The minimum Gasteiger partial charge on any atom is -0.472 e. The number of rotatable bonds is 6. The largest absolute Gasteiger partial charge is 0.472 e. The molecule has 9 nitrogen and oxygen atoms in total. The van der Waals surface area contributed by atoms with Gasteiger partial charge in [-0.1, -0.05) is 32.6 Å². The zero-order valence-corrected chi connectivity index (χ0v) is 21.5. The van der Waals surface area contributed by atoms with Gasteiger partial charge in [-0.15, -0.1) is 0 Å². The van der Waals surface area contributed by atoms with Crippen LogP contribution in [0.15, 0.2) is 12.3 Å². The Balaban J connectivity index is 1.85. The lowest BCUT2D eigenvalue weighted by molar-refractivity contribution is -0.133. The molecule has 0 spiro atoms. The van der Waals surface area contributed by atoms with Crippen molar-refractivity contribution >= 4 is 11.8 Å². The quantitative estimate of drug-likeness (QED) is 0.602. The van der Waals surface area contributed by atoms with Gasteiger partial charge in [0.15, 0.2) is 0 Å². The Morgan fingerprint density at radius 2 is 2.03 bits per heavy atom. The average Bonchev–Trinajstić information content (AvgIpc) is 2.84. The highest BCUT2D eigenvalue weighted by Gasteiger charge is 2.34. The maximum Gasteiger partial charge on any atom is 0.259 e. The minimum absolute atomic E-state index is 0.00825. The van der Waals surface area contributed by atoms with Crippen molar-refractivity contribution in [3.8, 4) is 17.7 Å². The number of nitrogens with zero attached hydrogens (tertiary/aromatic N) is 4. The Bertz CT molecular complexity index is 951. The average molecular weight is 487 g/mol. The summed E-state index contributed by atoms with van der Waals surface area (Å²) in [6.45, 7) is 11.5. The molecule has 3 rings (SSSR count). The van der Waals surface area contributed by atoms with E-state index in [-0.39, 0.29) is 48.3 Å². The fourth-order valence-corrected chi connectivity index (χ4v) is 4.06. The molecule has 1 N–H and O–H groups in total. The van der Waals surface area contributed by atoms with Gasteiger partial charge in [0.2, 0.25) is 11.8 Å². The van der Waals surface area contributed by atoms with Crippen LogP contribution < -0.4 is 4.74 Å². The molecule has 2 aliphatic heterocycles. The molecule has 35 heavy (non-hydrogen) atoms. The first-order chi connectivity index (χ1) is 16.7. The van der Waals surface area contributed by atoms with Crippen molar-refractivity contribution in [2.75, 3.05) is 59.6 Å². The number of pyridine rings is 1. The summed E-state index contributed by atoms with van der Waals surface area (Å²) in [5, 5.41) is 9.81. The molecule has 0 saturated carbocycles. The van der Waals surface area contributed by atoms with Crippen molar-refractivity contribution in [2.24, 2.45) is 11.8 Å². The SMILES string of the molecule is CC(C)C#Cc1cnc2c(c1)C(=O)N([C@H](C)CO)C[C@@H](C)[C@H](CN(C)C(=O)CN1CCOCC1)O2. The second-order valence-corrected chi connectivity index (χ2v) is 9.79. The number of aliphatic hydroxyl groups excluding tert-OH is 1. The van der Waals surface area contributed by atoms with Gasteiger partial charge in [-0.3, -0.25) is 14.5 Å². The third-order valence-electron chi connectivity index (χ3n) is 6.37. The van der Waals surface area contributed by atoms with Gasteiger partial charge in [0.05, 0.1) is 39.0 Å². The Morgan fingerprint density at radius 3 is 2.69 bits per heavy atom. The van der Waals surface area contributed by atoms with Crippen LogP contribution in [-0.4, -0.2) is 108 Å². The van der Waals surface area contributed by atoms with E-state index in [1.54, 1.807) is 29.1 Å². The Labute approximate surface area is 208 Å². The summed E-state index contributed by atoms with van der Waals surface area (Å²) >= 11 is 0. The monoisotopic (exact) mass is 486 g/mol. The van der Waals surface area contributed by atoms with Gasteiger partial charge in [-0.05, 0) is 13.0 Å². The first-order valence-electron chi connectivity index (χ1n) is 12.3. The topological polar surface area (TPSA) is 95.4 Å². The highest BCUT2D eigenvalue weighted by Crippen LogP contribution is 2.27. The van der Waals surface area contributed by atoms with Gasteiger partial charge in [0.25, 0.3) is 5.91 Å². The molecule has 0 radical (unpaired) electrons. The standard InChI is InChI=1S/C26H38N4O5/c1-18(2)6-7-21-12-22-25(27-13-21)35-23(19(3)14-30(26(22)33)20(4)17-31)15-28(5)24(32)16-29-8-10-34-11-9-29/h12-13,18-20,23,31H,8-11,14-17H2,1-5H3/t19-,20-,23+/m1/s1. The molecular weight excluding hydrogens is 448 g/mol. The summed E-state index contributed by atoms with van der Waals surface area (Å²) in [5.74, 6) is 6.23.